The van der Waals surface area contributed by atoms with Crippen molar-refractivity contribution in [3.8, 4) is 23.2 Å². The molecule has 16 heterocycles. The summed E-state index contributed by atoms with van der Waals surface area (Å²) in [4.78, 5) is 89.6. The molecule has 2 saturated carbocycles. The van der Waals surface area contributed by atoms with E-state index in [1.54, 1.807) is 28.4 Å². The Morgan fingerprint density at radius 2 is 0.792 bits per heavy atom. The number of benzene rings is 1. The third-order valence-corrected chi connectivity index (χ3v) is 25.5. The predicted octanol–water partition coefficient (Wildman–Crippen LogP) is 13.1. The van der Waals surface area contributed by atoms with Gasteiger partial charge in [0.05, 0.1) is 21.5 Å². The number of aromatic carboxylic acids is 1. The summed E-state index contributed by atoms with van der Waals surface area (Å²) in [6.45, 7) is 11.7. The van der Waals surface area contributed by atoms with Gasteiger partial charge in [-0.3, -0.25) is 30.7 Å². The van der Waals surface area contributed by atoms with Gasteiger partial charge in [0.2, 0.25) is 23.6 Å². The normalized spacial score (nSPS) is 18.0. The molecule has 10 aromatic heterocycles. The summed E-state index contributed by atoms with van der Waals surface area (Å²) in [6.07, 6.45) is 34.2. The Bertz CT molecular complexity index is 5230. The number of rotatable bonds is 14. The third kappa shape index (κ3) is 22.1. The van der Waals surface area contributed by atoms with Crippen molar-refractivity contribution in [2.24, 2.45) is 45.9 Å². The van der Waals surface area contributed by atoms with E-state index < -0.39 is 11.9 Å². The van der Waals surface area contributed by atoms with Gasteiger partial charge < -0.3 is 48.5 Å². The molecule has 0 spiro atoms. The van der Waals surface area contributed by atoms with Crippen LogP contribution in [0.5, 0.6) is 0 Å². The number of nitrogens with two attached hydrogens (primary N) is 1. The fourth-order valence-electron chi connectivity index (χ4n) is 18.3. The highest BCUT2D eigenvalue weighted by Gasteiger charge is 2.32. The maximum absolute atomic E-state index is 12.7. The third-order valence-electron chi connectivity index (χ3n) is 25.5. The van der Waals surface area contributed by atoms with Crippen molar-refractivity contribution >= 4 is 97.2 Å². The van der Waals surface area contributed by atoms with Gasteiger partial charge in [0.1, 0.15) is 29.9 Å². The molecule has 35 nitrogen and oxygen atoms in total. The maximum Gasteiger partial charge on any atom is 0.410 e. The molecule has 19 rings (SSSR count). The van der Waals surface area contributed by atoms with Crippen molar-refractivity contribution in [1.82, 2.24) is 106 Å². The first-order valence-corrected chi connectivity index (χ1v) is 45.6. The Balaban J connectivity index is 0.000000122. The van der Waals surface area contributed by atoms with Gasteiger partial charge in [0, 0.05) is 117 Å². The second-order valence-electron chi connectivity index (χ2n) is 34.3. The van der Waals surface area contributed by atoms with Crippen molar-refractivity contribution in [2.75, 3.05) is 98.1 Å². The molecule has 2 aliphatic carbocycles. The molecule has 1 aromatic carbocycles. The number of nitrogens with zero attached hydrogens (tertiary/aromatic N) is 21. The molecular formula is C90H122N26O9. The van der Waals surface area contributed by atoms with E-state index in [1.807, 2.05) is 78.1 Å². The molecule has 0 bridgehead atoms. The summed E-state index contributed by atoms with van der Waals surface area (Å²) in [7, 11) is 7.38. The number of aryl methyl sites for hydroxylation is 4. The number of amides is 4. The molecule has 8 aliphatic rings. The summed E-state index contributed by atoms with van der Waals surface area (Å²) in [5.74, 6) is 10.4. The highest BCUT2D eigenvalue weighted by atomic mass is 16.6. The van der Waals surface area contributed by atoms with E-state index in [0.29, 0.717) is 71.6 Å². The van der Waals surface area contributed by atoms with Crippen molar-refractivity contribution in [3.63, 3.8) is 0 Å². The van der Waals surface area contributed by atoms with E-state index in [0.717, 1.165) is 191 Å². The average Bonchev–Trinajstić information content (AvgIpc) is 1.65. The lowest BCUT2D eigenvalue weighted by Gasteiger charge is -2.30. The zero-order valence-electron chi connectivity index (χ0n) is 72.9. The lowest BCUT2D eigenvalue weighted by Crippen LogP contribution is -2.45. The van der Waals surface area contributed by atoms with E-state index in [2.05, 4.69) is 111 Å². The highest BCUT2D eigenvalue weighted by molar-refractivity contribution is 6.05. The quantitative estimate of drug-likeness (QED) is 0.0334. The Labute approximate surface area is 728 Å². The van der Waals surface area contributed by atoms with E-state index >= 15 is 0 Å². The number of hydrogen-bond acceptors (Lipinski definition) is 26. The minimum Gasteiger partial charge on any atom is -0.476 e. The Kier molecular flexibility index (Phi) is 30.1. The molecule has 6 aliphatic heterocycles. The molecule has 7 N–H and O–H groups in total. The Morgan fingerprint density at radius 1 is 0.416 bits per heavy atom. The number of anilines is 4. The van der Waals surface area contributed by atoms with Crippen molar-refractivity contribution in [3.05, 3.63) is 108 Å². The van der Waals surface area contributed by atoms with Gasteiger partial charge in [-0.25, -0.2) is 54.1 Å². The molecule has 0 unspecified atom stereocenters. The predicted molar refractivity (Wildman–Crippen MR) is 476 cm³/mol. The number of carbonyl (C=O) groups is 5. The molecule has 125 heavy (non-hydrogen) atoms. The van der Waals surface area contributed by atoms with Gasteiger partial charge in [0.25, 0.3) is 17.7 Å². The summed E-state index contributed by atoms with van der Waals surface area (Å²) in [5.41, 5.74) is 13.1. The van der Waals surface area contributed by atoms with Gasteiger partial charge in [-0.2, -0.15) is 20.4 Å². The van der Waals surface area contributed by atoms with E-state index in [-0.39, 0.29) is 47.7 Å². The number of carboxylic acids is 1. The molecule has 8 fully saturated rings. The van der Waals surface area contributed by atoms with Crippen LogP contribution in [0.3, 0.4) is 0 Å². The number of carbonyl (C=O) groups excluding carboxylic acids is 4. The molecule has 4 amide bonds. The molecule has 666 valence electrons. The molecular weight excluding hydrogens is 1590 g/mol. The highest BCUT2D eigenvalue weighted by Crippen LogP contribution is 2.37. The van der Waals surface area contributed by atoms with Crippen LogP contribution in [0.4, 0.5) is 28.1 Å². The van der Waals surface area contributed by atoms with Crippen LogP contribution in [0.1, 0.15) is 243 Å². The molecule has 11 aromatic rings. The number of hydrogen-bond donors (Lipinski definition) is 6. The second kappa shape index (κ2) is 42.8. The van der Waals surface area contributed by atoms with E-state index in [9.17, 15) is 24.0 Å². The first-order valence-electron chi connectivity index (χ1n) is 45.6. The SMILES string of the molecule is Cn1nc(-c2nnc(C3CCCCC3)o2)c2ccc(N3CCCCCC3)nc21.Cn1nc(-c2nnc(C3CCNCC3)o2)c2ccc(N3CCCCCC3)nc21.Cn1nc(C(=O)NNC(=O)C2CCCCC2)c2ccc(N3CCCCCC3)nc21.Cn1nc(C(=O)O)c2ccc(N3CCCCCC3)nc21.NNC(=O)C1CCN(C(=O)OCc2ccccc2)CC1. The maximum atomic E-state index is 12.7. The zero-order chi connectivity index (χ0) is 86.5. The lowest BCUT2D eigenvalue weighted by molar-refractivity contribution is -0.127. The topological polar surface area (TPSA) is 406 Å². The number of hydrazine groups is 2. The van der Waals surface area contributed by atoms with E-state index in [4.69, 9.17) is 39.5 Å². The van der Waals surface area contributed by atoms with Crippen LogP contribution in [0.2, 0.25) is 0 Å². The van der Waals surface area contributed by atoms with Gasteiger partial charge in [-0.15, -0.1) is 20.4 Å². The van der Waals surface area contributed by atoms with Crippen LogP contribution >= 0.6 is 0 Å². The fourth-order valence-corrected chi connectivity index (χ4v) is 18.3. The number of ether oxygens (including phenoxy) is 1. The van der Waals surface area contributed by atoms with Crippen LogP contribution < -0.4 is 47.0 Å². The standard InChI is InChI=1S/C21H30N6O2.C21H28N6O.C20H27N7O.C14H18N4O2.C14H19N3O3/c1-26-19-16(11-12-17(22-19)27-13-7-2-3-8-14-27)18(25-26)21(29)24-23-20(28)15-9-5-4-6-10-15;1-26-19-16(11-12-17(22-19)27-13-7-2-3-8-14-27)18(25-26)21-24-23-20(28-21)15-9-5-4-6-10-15;1-26-18-15(6-7-16(22-18)27-12-4-2-3-5-13-27)17(25-26)20-24-23-19(28-20)14-8-10-21-11-9-14;1-17-13-10(12(16-17)14(19)20)6-7-11(15-13)18-8-4-2-3-5-9-18;15-16-13(18)12-6-8-17(9-7-12)14(19)20-10-11-4-2-1-3-5-11/h11-12,15H,2-10,13-14H2,1H3,(H,23,28)(H,24,29);11-12,15H,2-10,13-14H2,1H3;6-7,14,21H,2-5,8-13H2,1H3;6-7H,2-5,8-9H2,1H3,(H,19,20);1-5,12H,6-10,15H2,(H,16,18). The Hall–Kier alpha value is -11.8. The number of fused-ring (bicyclic) bond motifs is 4. The minimum absolute atomic E-state index is 0.0117. The second-order valence-corrected chi connectivity index (χ2v) is 34.3. The number of carboxylic acid groups (broad SMARTS) is 1. The van der Waals surface area contributed by atoms with Crippen LogP contribution in [-0.4, -0.2) is 198 Å². The Morgan fingerprint density at radius 3 is 1.22 bits per heavy atom. The molecule has 0 radical (unpaired) electrons. The first kappa shape index (κ1) is 88.1. The van der Waals surface area contributed by atoms with Gasteiger partial charge in [-0.1, -0.05) is 120 Å². The van der Waals surface area contributed by atoms with Gasteiger partial charge in [-0.05, 0) is 170 Å². The largest absolute Gasteiger partial charge is 0.476 e. The number of aromatic nitrogens is 16. The van der Waals surface area contributed by atoms with Crippen molar-refractivity contribution < 1.29 is 42.7 Å². The first-order chi connectivity index (χ1) is 61.1. The van der Waals surface area contributed by atoms with Gasteiger partial charge >= 0.3 is 12.1 Å². The summed E-state index contributed by atoms with van der Waals surface area (Å²) in [6, 6.07) is 25.5. The zero-order valence-corrected chi connectivity index (χ0v) is 72.9. The minimum atomic E-state index is -1.01. The van der Waals surface area contributed by atoms with E-state index in [1.165, 1.54) is 128 Å². The van der Waals surface area contributed by atoms with Crippen LogP contribution in [0.15, 0.2) is 87.7 Å². The average molecular weight is 1710 g/mol. The monoisotopic (exact) mass is 1710 g/mol. The number of pyridine rings is 4. The number of nitrogens with one attached hydrogen (secondary N) is 4. The number of likely N-dealkylation sites (tertiary alicyclic amines) is 1. The van der Waals surface area contributed by atoms with Crippen LogP contribution in [0.25, 0.3) is 67.3 Å². The molecule has 35 heteroatoms. The summed E-state index contributed by atoms with van der Waals surface area (Å²) >= 11 is 0. The number of piperidine rings is 2. The molecule has 0 atom stereocenters. The van der Waals surface area contributed by atoms with Crippen molar-refractivity contribution in [1.29, 1.82) is 0 Å². The van der Waals surface area contributed by atoms with Crippen LogP contribution in [-0.2, 0) is 49.1 Å². The fraction of sp³-hybridized carbons (Fsp3) is 0.567. The van der Waals surface area contributed by atoms with Gasteiger partial charge in [0.15, 0.2) is 45.4 Å². The summed E-state index contributed by atoms with van der Waals surface area (Å²) < 4.78 is 24.2. The summed E-state index contributed by atoms with van der Waals surface area (Å²) in [5, 5.41) is 50.7. The smallest absolute Gasteiger partial charge is 0.410 e. The lowest BCUT2D eigenvalue weighted by atomic mass is 9.89. The van der Waals surface area contributed by atoms with Crippen LogP contribution in [0, 0.1) is 11.8 Å². The van der Waals surface area contributed by atoms with Crippen molar-refractivity contribution in [2.45, 2.75) is 211 Å². The molecule has 6 saturated heterocycles.